The third-order valence-corrected chi connectivity index (χ3v) is 6.31. The van der Waals surface area contributed by atoms with Gasteiger partial charge in [0.05, 0.1) is 0 Å². The van der Waals surface area contributed by atoms with Gasteiger partial charge < -0.3 is 4.74 Å². The smallest absolute Gasteiger partial charge is 0.165 e. The average molecular weight is 300 g/mol. The minimum absolute atomic E-state index is 0.218. The van der Waals surface area contributed by atoms with Crippen molar-refractivity contribution in [2.45, 2.75) is 54.8 Å². The Morgan fingerprint density at radius 3 is 2.81 bits per heavy atom. The summed E-state index contributed by atoms with van der Waals surface area (Å²) in [6.07, 6.45) is 7.19. The van der Waals surface area contributed by atoms with Crippen LogP contribution in [0.2, 0.25) is 0 Å². The van der Waals surface area contributed by atoms with Crippen LogP contribution in [0.5, 0.6) is 0 Å². The highest BCUT2D eigenvalue weighted by molar-refractivity contribution is 8.00. The largest absolute Gasteiger partial charge is 0.480 e. The zero-order chi connectivity index (χ0) is 14.3. The number of carbonyl (C=O) groups excluding carboxylic acids is 1. The first-order valence-corrected chi connectivity index (χ1v) is 8.79. The van der Waals surface area contributed by atoms with Crippen LogP contribution in [0, 0.1) is 5.92 Å². The predicted molar refractivity (Wildman–Crippen MR) is 84.0 cm³/mol. The Morgan fingerprint density at radius 2 is 1.95 bits per heavy atom. The minimum Gasteiger partial charge on any atom is -0.480 e. The van der Waals surface area contributed by atoms with E-state index in [-0.39, 0.29) is 4.93 Å². The molecule has 0 saturated heterocycles. The first-order valence-electron chi connectivity index (χ1n) is 7.98. The fourth-order valence-corrected chi connectivity index (χ4v) is 5.43. The quantitative estimate of drug-likeness (QED) is 0.791. The fourth-order valence-electron chi connectivity index (χ4n) is 3.97. The SMILES string of the molecule is O=C1CCCC2=C1[C@@H]1CCCC[C@]1(Sc1ccccc1)O2. The van der Waals surface area contributed by atoms with Gasteiger partial charge >= 0.3 is 0 Å². The molecular weight excluding hydrogens is 280 g/mol. The Morgan fingerprint density at radius 1 is 1.10 bits per heavy atom. The molecule has 2 atom stereocenters. The molecule has 110 valence electrons. The summed E-state index contributed by atoms with van der Waals surface area (Å²) >= 11 is 1.83. The summed E-state index contributed by atoms with van der Waals surface area (Å²) < 4.78 is 6.45. The van der Waals surface area contributed by atoms with E-state index in [1.807, 2.05) is 17.8 Å². The summed E-state index contributed by atoms with van der Waals surface area (Å²) in [5, 5.41) is 0. The van der Waals surface area contributed by atoms with E-state index in [1.54, 1.807) is 0 Å². The molecule has 1 aliphatic heterocycles. The highest BCUT2D eigenvalue weighted by Crippen LogP contribution is 2.58. The summed E-state index contributed by atoms with van der Waals surface area (Å²) in [7, 11) is 0. The van der Waals surface area contributed by atoms with Crippen molar-refractivity contribution in [3.05, 3.63) is 41.7 Å². The molecule has 3 aliphatic rings. The molecule has 3 heteroatoms. The standard InChI is InChI=1S/C18H20O2S/c19-15-10-6-11-16-17(15)14-9-4-5-12-18(14,20-16)21-13-7-2-1-3-8-13/h1-3,7-8,14H,4-6,9-12H2/t14-,18+/m0/s1. The predicted octanol–water partition coefficient (Wildman–Crippen LogP) is 4.70. The van der Waals surface area contributed by atoms with E-state index in [4.69, 9.17) is 4.74 Å². The zero-order valence-corrected chi connectivity index (χ0v) is 13.0. The minimum atomic E-state index is -0.218. The van der Waals surface area contributed by atoms with Crippen molar-refractivity contribution in [2.24, 2.45) is 5.92 Å². The van der Waals surface area contributed by atoms with E-state index in [1.165, 1.54) is 17.7 Å². The second-order valence-corrected chi connectivity index (χ2v) is 7.61. The van der Waals surface area contributed by atoms with Gasteiger partial charge in [0.2, 0.25) is 0 Å². The lowest BCUT2D eigenvalue weighted by molar-refractivity contribution is -0.116. The maximum atomic E-state index is 12.4. The van der Waals surface area contributed by atoms with Gasteiger partial charge in [-0.2, -0.15) is 0 Å². The Labute approximate surface area is 130 Å². The van der Waals surface area contributed by atoms with Gasteiger partial charge in [-0.05, 0) is 37.8 Å². The van der Waals surface area contributed by atoms with E-state index in [0.717, 1.165) is 37.0 Å². The molecule has 4 rings (SSSR count). The zero-order valence-electron chi connectivity index (χ0n) is 12.1. The number of ketones is 1. The number of Topliss-reactive ketones (excluding diaryl/α,β-unsaturated/α-hetero) is 1. The lowest BCUT2D eigenvalue weighted by atomic mass is 9.78. The molecule has 1 aromatic carbocycles. The van der Waals surface area contributed by atoms with Gasteiger partial charge in [0.1, 0.15) is 5.76 Å². The molecule has 1 aromatic rings. The number of benzene rings is 1. The summed E-state index contributed by atoms with van der Waals surface area (Å²) in [4.78, 5) is 13.4. The summed E-state index contributed by atoms with van der Waals surface area (Å²) in [5.74, 6) is 1.67. The van der Waals surface area contributed by atoms with Crippen LogP contribution in [-0.2, 0) is 9.53 Å². The number of ether oxygens (including phenoxy) is 1. The van der Waals surface area contributed by atoms with Crippen LogP contribution < -0.4 is 0 Å². The highest BCUT2D eigenvalue weighted by atomic mass is 32.2. The summed E-state index contributed by atoms with van der Waals surface area (Å²) in [6.45, 7) is 0. The van der Waals surface area contributed by atoms with Crippen LogP contribution in [0.3, 0.4) is 0 Å². The molecule has 1 fully saturated rings. The van der Waals surface area contributed by atoms with E-state index < -0.39 is 0 Å². The van der Waals surface area contributed by atoms with Gasteiger partial charge in [-0.3, -0.25) is 4.79 Å². The summed E-state index contributed by atoms with van der Waals surface area (Å²) in [6, 6.07) is 10.5. The van der Waals surface area contributed by atoms with Gasteiger partial charge in [-0.1, -0.05) is 36.4 Å². The van der Waals surface area contributed by atoms with Crippen LogP contribution in [0.25, 0.3) is 0 Å². The van der Waals surface area contributed by atoms with E-state index in [2.05, 4.69) is 24.3 Å². The number of hydrogen-bond acceptors (Lipinski definition) is 3. The molecule has 21 heavy (non-hydrogen) atoms. The van der Waals surface area contributed by atoms with Gasteiger partial charge in [0.15, 0.2) is 10.7 Å². The number of rotatable bonds is 2. The molecule has 2 nitrogen and oxygen atoms in total. The number of fused-ring (bicyclic) bond motifs is 2. The molecule has 0 unspecified atom stereocenters. The van der Waals surface area contributed by atoms with Crippen LogP contribution in [-0.4, -0.2) is 10.7 Å². The Balaban J connectivity index is 1.69. The maximum Gasteiger partial charge on any atom is 0.165 e. The van der Waals surface area contributed by atoms with Gasteiger partial charge in [-0.25, -0.2) is 0 Å². The number of thioether (sulfide) groups is 1. The second-order valence-electron chi connectivity index (χ2n) is 6.24. The Bertz CT molecular complexity index is 592. The topological polar surface area (TPSA) is 26.3 Å². The van der Waals surface area contributed by atoms with Crippen molar-refractivity contribution in [3.8, 4) is 0 Å². The van der Waals surface area contributed by atoms with Gasteiger partial charge in [0, 0.05) is 29.2 Å². The van der Waals surface area contributed by atoms with Gasteiger partial charge in [-0.15, -0.1) is 0 Å². The number of hydrogen-bond donors (Lipinski definition) is 0. The highest BCUT2D eigenvalue weighted by Gasteiger charge is 2.53. The van der Waals surface area contributed by atoms with Crippen LogP contribution >= 0.6 is 11.8 Å². The molecular formula is C18H20O2S. The third kappa shape index (κ3) is 2.22. The second kappa shape index (κ2) is 5.20. The number of allylic oxidation sites excluding steroid dienone is 1. The fraction of sp³-hybridized carbons (Fsp3) is 0.500. The van der Waals surface area contributed by atoms with E-state index in [0.29, 0.717) is 18.1 Å². The molecule has 0 bridgehead atoms. The van der Waals surface area contributed by atoms with Crippen LogP contribution in [0.4, 0.5) is 0 Å². The van der Waals surface area contributed by atoms with Crippen molar-refractivity contribution in [1.82, 2.24) is 0 Å². The van der Waals surface area contributed by atoms with Crippen molar-refractivity contribution >= 4 is 17.5 Å². The summed E-state index contributed by atoms with van der Waals surface area (Å²) in [5.41, 5.74) is 1.05. The third-order valence-electron chi connectivity index (χ3n) is 4.89. The lowest BCUT2D eigenvalue weighted by Crippen LogP contribution is -2.37. The maximum absolute atomic E-state index is 12.4. The molecule has 1 heterocycles. The molecule has 0 radical (unpaired) electrons. The molecule has 0 aromatic heterocycles. The molecule has 2 aliphatic carbocycles. The monoisotopic (exact) mass is 300 g/mol. The first-order chi connectivity index (χ1) is 10.3. The van der Waals surface area contributed by atoms with E-state index in [9.17, 15) is 4.79 Å². The molecule has 0 amide bonds. The van der Waals surface area contributed by atoms with Gasteiger partial charge in [0.25, 0.3) is 0 Å². The van der Waals surface area contributed by atoms with Crippen LogP contribution in [0.1, 0.15) is 44.9 Å². The molecule has 1 saturated carbocycles. The van der Waals surface area contributed by atoms with Crippen molar-refractivity contribution in [1.29, 1.82) is 0 Å². The Hall–Kier alpha value is -1.22. The normalized spacial score (nSPS) is 31.6. The van der Waals surface area contributed by atoms with Crippen LogP contribution in [0.15, 0.2) is 46.6 Å². The Kier molecular flexibility index (Phi) is 3.33. The lowest BCUT2D eigenvalue weighted by Gasteiger charge is -2.38. The van der Waals surface area contributed by atoms with Crippen molar-refractivity contribution in [2.75, 3.05) is 0 Å². The van der Waals surface area contributed by atoms with E-state index >= 15 is 0 Å². The average Bonchev–Trinajstić information content (AvgIpc) is 2.83. The molecule has 0 spiro atoms. The van der Waals surface area contributed by atoms with Crippen molar-refractivity contribution < 1.29 is 9.53 Å². The number of carbonyl (C=O) groups is 1. The molecule has 0 N–H and O–H groups in total. The first kappa shape index (κ1) is 13.4. The van der Waals surface area contributed by atoms with Crippen molar-refractivity contribution in [3.63, 3.8) is 0 Å².